The molecule has 1 rings (SSSR count). The average Bonchev–Trinajstić information content (AvgIpc) is 2.30. The number of halogens is 4. The van der Waals surface area contributed by atoms with Gasteiger partial charge in [-0.25, -0.2) is 8.78 Å². The minimum atomic E-state index is -2.68. The van der Waals surface area contributed by atoms with Gasteiger partial charge in [0.05, 0.1) is 10.7 Å². The monoisotopic (exact) mass is 246 g/mol. The van der Waals surface area contributed by atoms with Gasteiger partial charge in [0.25, 0.3) is 6.43 Å². The Morgan fingerprint density at radius 2 is 2.27 bits per heavy atom. The number of hydrogen-bond donors (Lipinski definition) is 0. The lowest BCUT2D eigenvalue weighted by Crippen LogP contribution is -1.88. The Labute approximate surface area is 73.3 Å². The molecule has 0 radical (unpaired) electrons. The van der Waals surface area contributed by atoms with Gasteiger partial charge in [0, 0.05) is 0 Å². The molecule has 0 saturated heterocycles. The number of alkyl halides is 2. The van der Waals surface area contributed by atoms with Gasteiger partial charge >= 0.3 is 0 Å². The molecule has 1 aromatic heterocycles. The quantitative estimate of drug-likeness (QED) is 0.799. The Kier molecular flexibility index (Phi) is 2.83. The van der Waals surface area contributed by atoms with E-state index < -0.39 is 12.1 Å². The zero-order valence-electron chi connectivity index (χ0n) is 4.97. The van der Waals surface area contributed by atoms with E-state index in [2.05, 4.69) is 21.0 Å². The van der Waals surface area contributed by atoms with Gasteiger partial charge < -0.3 is 0 Å². The maximum absolute atomic E-state index is 11.9. The van der Waals surface area contributed by atoms with Crippen LogP contribution in [0, 0.1) is 0 Å². The van der Waals surface area contributed by atoms with Crippen molar-refractivity contribution in [1.82, 2.24) is 9.19 Å². The molecule has 0 aliphatic heterocycles. The van der Waals surface area contributed by atoms with Gasteiger partial charge in [-0.05, 0) is 15.9 Å². The lowest BCUT2D eigenvalue weighted by molar-refractivity contribution is 0.145. The summed E-state index contributed by atoms with van der Waals surface area (Å²) in [5.41, 5.74) is -0.449. The van der Waals surface area contributed by atoms with Gasteiger partial charge in [-0.2, -0.15) is 9.19 Å². The molecule has 0 bridgehead atoms. The summed E-state index contributed by atoms with van der Waals surface area (Å²) in [5, 5.41) is 3.24. The number of rotatable bonds is 2. The fourth-order valence-electron chi connectivity index (χ4n) is 0.529. The Balaban J connectivity index is 2.97. The first kappa shape index (κ1) is 8.92. The molecular formula is C4H2BrF3N2S. The molecule has 1 aromatic rings. The molecule has 0 aliphatic rings. The number of aromatic nitrogens is 2. The molecule has 0 unspecified atom stereocenters. The number of hydrogen-bond acceptors (Lipinski definition) is 2. The molecule has 62 valence electrons. The molecule has 11 heavy (non-hydrogen) atoms. The Morgan fingerprint density at radius 1 is 1.64 bits per heavy atom. The Bertz CT molecular complexity index is 251. The second kappa shape index (κ2) is 3.48. The van der Waals surface area contributed by atoms with Crippen molar-refractivity contribution >= 4 is 28.3 Å². The smallest absolute Gasteiger partial charge is 0.203 e. The minimum absolute atomic E-state index is 0.109. The maximum atomic E-state index is 11.9. The van der Waals surface area contributed by atoms with Crippen LogP contribution in [0.3, 0.4) is 0 Å². The van der Waals surface area contributed by atoms with Crippen LogP contribution in [0.2, 0.25) is 0 Å². The lowest BCUT2D eigenvalue weighted by Gasteiger charge is -1.90. The van der Waals surface area contributed by atoms with E-state index in [1.54, 1.807) is 0 Å². The Morgan fingerprint density at radius 3 is 2.55 bits per heavy atom. The van der Waals surface area contributed by atoms with Crippen LogP contribution in [0.1, 0.15) is 12.1 Å². The summed E-state index contributed by atoms with van der Waals surface area (Å²) in [6.07, 6.45) is -1.55. The van der Waals surface area contributed by atoms with Gasteiger partial charge in [-0.1, -0.05) is 0 Å². The molecule has 1 heterocycles. The van der Waals surface area contributed by atoms with Crippen molar-refractivity contribution in [2.45, 2.75) is 6.43 Å². The predicted octanol–water partition coefficient (Wildman–Crippen LogP) is 2.96. The molecule has 0 aliphatic carbocycles. The van der Waals surface area contributed by atoms with E-state index in [1.807, 2.05) is 0 Å². The van der Waals surface area contributed by atoms with Crippen molar-refractivity contribution in [3.63, 3.8) is 0 Å². The molecule has 0 aromatic carbocycles. The molecule has 0 fully saturated rings. The van der Waals surface area contributed by atoms with Crippen LogP contribution < -0.4 is 0 Å². The van der Waals surface area contributed by atoms with Crippen molar-refractivity contribution in [2.24, 2.45) is 0 Å². The molecule has 0 saturated carbocycles. The summed E-state index contributed by atoms with van der Waals surface area (Å²) in [4.78, 5) is 0. The summed E-state index contributed by atoms with van der Waals surface area (Å²) < 4.78 is 36.4. The third kappa shape index (κ3) is 1.90. The molecule has 2 nitrogen and oxygen atoms in total. The zero-order chi connectivity index (χ0) is 8.43. The van der Waals surface area contributed by atoms with Crippen LogP contribution in [0.5, 0.6) is 0 Å². The van der Waals surface area contributed by atoms with Crippen molar-refractivity contribution in [2.75, 3.05) is 0 Å². The second-order valence-corrected chi connectivity index (χ2v) is 3.00. The summed E-state index contributed by atoms with van der Waals surface area (Å²) in [5.74, 6) is 0. The fraction of sp³-hybridized carbons (Fsp3) is 0.250. The highest BCUT2D eigenvalue weighted by atomic mass is 79.9. The molecule has 0 N–H and O–H groups in total. The van der Waals surface area contributed by atoms with E-state index in [0.29, 0.717) is 4.09 Å². The van der Waals surface area contributed by atoms with E-state index in [9.17, 15) is 12.7 Å². The highest BCUT2D eigenvalue weighted by molar-refractivity contribution is 9.10. The first-order valence-electron chi connectivity index (χ1n) is 2.47. The van der Waals surface area contributed by atoms with Gasteiger partial charge in [0.2, 0.25) is 0 Å². The average molecular weight is 247 g/mol. The maximum Gasteiger partial charge on any atom is 0.283 e. The van der Waals surface area contributed by atoms with Crippen molar-refractivity contribution in [1.29, 1.82) is 0 Å². The first-order chi connectivity index (χ1) is 5.15. The lowest BCUT2D eigenvalue weighted by atomic mass is 10.5. The van der Waals surface area contributed by atoms with Gasteiger partial charge in [-0.15, -0.1) is 3.89 Å². The fourth-order valence-corrected chi connectivity index (χ4v) is 1.38. The van der Waals surface area contributed by atoms with Gasteiger partial charge in [0.1, 0.15) is 5.69 Å². The van der Waals surface area contributed by atoms with Crippen LogP contribution >= 0.6 is 28.3 Å². The van der Waals surface area contributed by atoms with Gasteiger partial charge in [-0.3, -0.25) is 0 Å². The summed E-state index contributed by atoms with van der Waals surface area (Å²) in [7, 11) is 0. The predicted molar refractivity (Wildman–Crippen MR) is 39.0 cm³/mol. The minimum Gasteiger partial charge on any atom is -0.203 e. The normalized spacial score (nSPS) is 11.0. The number of nitrogens with zero attached hydrogens (tertiary/aromatic N) is 2. The van der Waals surface area contributed by atoms with Crippen LogP contribution in [-0.4, -0.2) is 9.19 Å². The third-order valence-corrected chi connectivity index (χ3v) is 1.89. The summed E-state index contributed by atoms with van der Waals surface area (Å²) >= 11 is 2.58. The standard InChI is InChI=1S/C4H2BrF3N2S/c5-2-1-10(11-8)9-3(2)4(6)7/h1,4H. The molecule has 0 atom stereocenters. The summed E-state index contributed by atoms with van der Waals surface area (Å²) in [6, 6.07) is 0. The SMILES string of the molecule is FSn1cc(Br)c(C(F)F)n1. The zero-order valence-corrected chi connectivity index (χ0v) is 7.37. The van der Waals surface area contributed by atoms with Crippen molar-refractivity contribution in [3.8, 4) is 0 Å². The van der Waals surface area contributed by atoms with Crippen LogP contribution in [-0.2, 0) is 0 Å². The molecule has 0 spiro atoms. The second-order valence-electron chi connectivity index (χ2n) is 1.63. The van der Waals surface area contributed by atoms with E-state index in [4.69, 9.17) is 0 Å². The first-order valence-corrected chi connectivity index (χ1v) is 3.94. The van der Waals surface area contributed by atoms with Crippen LogP contribution in [0.15, 0.2) is 10.7 Å². The molecule has 0 amide bonds. The van der Waals surface area contributed by atoms with Crippen LogP contribution in [0.4, 0.5) is 12.7 Å². The van der Waals surface area contributed by atoms with E-state index in [1.165, 1.54) is 0 Å². The highest BCUT2D eigenvalue weighted by Crippen LogP contribution is 2.26. The Hall–Kier alpha value is -0.170. The van der Waals surface area contributed by atoms with E-state index in [0.717, 1.165) is 6.20 Å². The van der Waals surface area contributed by atoms with Crippen molar-refractivity contribution < 1.29 is 12.7 Å². The molecular weight excluding hydrogens is 245 g/mol. The molecule has 7 heteroatoms. The largest absolute Gasteiger partial charge is 0.283 e. The third-order valence-electron chi connectivity index (χ3n) is 0.952. The van der Waals surface area contributed by atoms with E-state index in [-0.39, 0.29) is 16.8 Å². The van der Waals surface area contributed by atoms with Crippen LogP contribution in [0.25, 0.3) is 0 Å². The summed E-state index contributed by atoms with van der Waals surface area (Å²) in [6.45, 7) is 0. The topological polar surface area (TPSA) is 17.8 Å². The highest BCUT2D eigenvalue weighted by Gasteiger charge is 2.16. The van der Waals surface area contributed by atoms with Gasteiger partial charge in [0.15, 0.2) is 12.3 Å². The van der Waals surface area contributed by atoms with Crippen molar-refractivity contribution in [3.05, 3.63) is 16.4 Å². The van der Waals surface area contributed by atoms with E-state index >= 15 is 0 Å².